The van der Waals surface area contributed by atoms with E-state index >= 15 is 0 Å². The Labute approximate surface area is 152 Å². The molecule has 142 valence electrons. The van der Waals surface area contributed by atoms with Gasteiger partial charge in [-0.05, 0) is 19.8 Å². The van der Waals surface area contributed by atoms with Gasteiger partial charge < -0.3 is 4.98 Å². The standard InChI is InChI=1S/C16H24N6O3S/c1-4-22-14(7-8-18-22)21-9-5-6-12(16(21)23)20-26(24,25)13-10-17-15(19-13)11(2)3/h7-8,10-12,20H,4-6,9H2,1-3H3,(H,17,19)/t12-/m1/s1. The van der Waals surface area contributed by atoms with Gasteiger partial charge in [0.1, 0.15) is 17.7 Å². The molecule has 1 amide bonds. The van der Waals surface area contributed by atoms with Crippen LogP contribution in [-0.2, 0) is 21.4 Å². The third kappa shape index (κ3) is 3.51. The summed E-state index contributed by atoms with van der Waals surface area (Å²) in [4.78, 5) is 21.3. The first-order valence-electron chi connectivity index (χ1n) is 8.74. The van der Waals surface area contributed by atoms with Gasteiger partial charge >= 0.3 is 0 Å². The average molecular weight is 380 g/mol. The minimum atomic E-state index is -3.85. The van der Waals surface area contributed by atoms with Gasteiger partial charge in [0, 0.05) is 25.1 Å². The summed E-state index contributed by atoms with van der Waals surface area (Å²) >= 11 is 0. The summed E-state index contributed by atoms with van der Waals surface area (Å²) in [7, 11) is -3.85. The SMILES string of the molecule is CCn1nccc1N1CCC[C@@H](NS(=O)(=O)c2cnc(C(C)C)[nH]2)C1=O. The topological polar surface area (TPSA) is 113 Å². The smallest absolute Gasteiger partial charge is 0.258 e. The number of carbonyl (C=O) groups is 1. The lowest BCUT2D eigenvalue weighted by molar-refractivity contribution is -0.121. The lowest BCUT2D eigenvalue weighted by Crippen LogP contribution is -2.52. The van der Waals surface area contributed by atoms with Crippen LogP contribution in [-0.4, -0.2) is 46.7 Å². The summed E-state index contributed by atoms with van der Waals surface area (Å²) in [6.07, 6.45) is 4.08. The van der Waals surface area contributed by atoms with E-state index in [2.05, 4.69) is 19.8 Å². The molecule has 0 aromatic carbocycles. The molecule has 2 N–H and O–H groups in total. The zero-order valence-electron chi connectivity index (χ0n) is 15.1. The van der Waals surface area contributed by atoms with Crippen molar-refractivity contribution in [1.82, 2.24) is 24.5 Å². The molecule has 0 saturated carbocycles. The highest BCUT2D eigenvalue weighted by Crippen LogP contribution is 2.22. The molecule has 2 aromatic rings. The first-order chi connectivity index (χ1) is 12.3. The minimum Gasteiger partial charge on any atom is -0.332 e. The van der Waals surface area contributed by atoms with E-state index < -0.39 is 16.1 Å². The molecule has 0 radical (unpaired) electrons. The number of amides is 1. The van der Waals surface area contributed by atoms with Gasteiger partial charge in [-0.1, -0.05) is 13.8 Å². The number of sulfonamides is 1. The number of aryl methyl sites for hydroxylation is 1. The van der Waals surface area contributed by atoms with Crippen LogP contribution in [0.15, 0.2) is 23.5 Å². The van der Waals surface area contributed by atoms with Gasteiger partial charge in [0.2, 0.25) is 5.91 Å². The van der Waals surface area contributed by atoms with E-state index in [0.29, 0.717) is 37.6 Å². The molecule has 9 nitrogen and oxygen atoms in total. The zero-order valence-corrected chi connectivity index (χ0v) is 16.0. The zero-order chi connectivity index (χ0) is 18.9. The van der Waals surface area contributed by atoms with Crippen molar-refractivity contribution < 1.29 is 13.2 Å². The van der Waals surface area contributed by atoms with Gasteiger partial charge in [-0.2, -0.15) is 9.82 Å². The van der Waals surface area contributed by atoms with E-state index in [1.165, 1.54) is 6.20 Å². The fourth-order valence-corrected chi connectivity index (χ4v) is 4.16. The van der Waals surface area contributed by atoms with Crippen molar-refractivity contribution in [3.63, 3.8) is 0 Å². The Morgan fingerprint density at radius 3 is 2.85 bits per heavy atom. The third-order valence-corrected chi connectivity index (χ3v) is 5.80. The van der Waals surface area contributed by atoms with E-state index in [4.69, 9.17) is 0 Å². The molecular weight excluding hydrogens is 356 g/mol. The predicted molar refractivity (Wildman–Crippen MR) is 96.3 cm³/mol. The highest BCUT2D eigenvalue weighted by Gasteiger charge is 2.34. The summed E-state index contributed by atoms with van der Waals surface area (Å²) in [5.41, 5.74) is 0. The molecule has 1 aliphatic heterocycles. The lowest BCUT2D eigenvalue weighted by Gasteiger charge is -2.32. The molecule has 0 unspecified atom stereocenters. The number of imidazole rings is 1. The molecule has 3 heterocycles. The number of hydrogen-bond acceptors (Lipinski definition) is 5. The minimum absolute atomic E-state index is 0.0234. The molecule has 10 heteroatoms. The summed E-state index contributed by atoms with van der Waals surface area (Å²) in [6, 6.07) is 0.960. The van der Waals surface area contributed by atoms with Gasteiger partial charge in [0.25, 0.3) is 10.0 Å². The van der Waals surface area contributed by atoms with E-state index in [9.17, 15) is 13.2 Å². The number of nitrogens with one attached hydrogen (secondary N) is 2. The van der Waals surface area contributed by atoms with Crippen molar-refractivity contribution >= 4 is 21.7 Å². The summed E-state index contributed by atoms with van der Waals surface area (Å²) in [5, 5.41) is 4.16. The maximum absolute atomic E-state index is 12.8. The van der Waals surface area contributed by atoms with Crippen LogP contribution in [0, 0.1) is 0 Å². The van der Waals surface area contributed by atoms with Gasteiger partial charge in [0.15, 0.2) is 5.03 Å². The van der Waals surface area contributed by atoms with Crippen molar-refractivity contribution in [2.45, 2.75) is 57.1 Å². The van der Waals surface area contributed by atoms with Crippen LogP contribution in [0.4, 0.5) is 5.82 Å². The monoisotopic (exact) mass is 380 g/mol. The maximum Gasteiger partial charge on any atom is 0.258 e. The Bertz CT molecular complexity index is 885. The van der Waals surface area contributed by atoms with Gasteiger partial charge in [-0.3, -0.25) is 9.69 Å². The molecule has 26 heavy (non-hydrogen) atoms. The van der Waals surface area contributed by atoms with Crippen molar-refractivity contribution in [3.05, 3.63) is 24.3 Å². The highest BCUT2D eigenvalue weighted by atomic mass is 32.2. The van der Waals surface area contributed by atoms with Gasteiger partial charge in [0.05, 0.1) is 12.4 Å². The molecule has 1 saturated heterocycles. The van der Waals surface area contributed by atoms with Crippen LogP contribution in [0.5, 0.6) is 0 Å². The number of carbonyl (C=O) groups excluding carboxylic acids is 1. The Balaban J connectivity index is 1.79. The van der Waals surface area contributed by atoms with E-state index in [-0.39, 0.29) is 16.9 Å². The second-order valence-corrected chi connectivity index (χ2v) is 8.28. The predicted octanol–water partition coefficient (Wildman–Crippen LogP) is 1.22. The number of H-pyrrole nitrogens is 1. The summed E-state index contributed by atoms with van der Waals surface area (Å²) in [5.74, 6) is 1.09. The van der Waals surface area contributed by atoms with Crippen LogP contribution in [0.3, 0.4) is 0 Å². The lowest BCUT2D eigenvalue weighted by atomic mass is 10.1. The van der Waals surface area contributed by atoms with Gasteiger partial charge in [-0.25, -0.2) is 18.1 Å². The van der Waals surface area contributed by atoms with Crippen LogP contribution < -0.4 is 9.62 Å². The normalized spacial score (nSPS) is 18.7. The molecule has 1 fully saturated rings. The summed E-state index contributed by atoms with van der Waals surface area (Å²) < 4.78 is 29.5. The number of anilines is 1. The van der Waals surface area contributed by atoms with Crippen LogP contribution >= 0.6 is 0 Å². The fraction of sp³-hybridized carbons (Fsp3) is 0.562. The van der Waals surface area contributed by atoms with Gasteiger partial charge in [-0.15, -0.1) is 0 Å². The third-order valence-electron chi connectivity index (χ3n) is 4.41. The number of rotatable bonds is 6. The molecule has 1 atom stereocenters. The molecule has 1 aliphatic rings. The molecule has 0 bridgehead atoms. The fourth-order valence-electron chi connectivity index (χ4n) is 3.01. The average Bonchev–Trinajstić information content (AvgIpc) is 3.26. The maximum atomic E-state index is 12.8. The van der Waals surface area contributed by atoms with E-state index in [1.54, 1.807) is 21.8 Å². The Hall–Kier alpha value is -2.20. The number of nitrogens with zero attached hydrogens (tertiary/aromatic N) is 4. The first-order valence-corrected chi connectivity index (χ1v) is 10.2. The van der Waals surface area contributed by atoms with E-state index in [0.717, 1.165) is 0 Å². The van der Waals surface area contributed by atoms with E-state index in [1.807, 2.05) is 20.8 Å². The Morgan fingerprint density at radius 1 is 1.42 bits per heavy atom. The first kappa shape index (κ1) is 18.6. The van der Waals surface area contributed by atoms with Crippen molar-refractivity contribution in [2.24, 2.45) is 0 Å². The number of aromatic nitrogens is 4. The Kier molecular flexibility index (Phi) is 5.15. The molecule has 0 spiro atoms. The number of aromatic amines is 1. The van der Waals surface area contributed by atoms with Crippen molar-refractivity contribution in [3.8, 4) is 0 Å². The van der Waals surface area contributed by atoms with Crippen LogP contribution in [0.2, 0.25) is 0 Å². The summed E-state index contributed by atoms with van der Waals surface area (Å²) in [6.45, 7) is 6.96. The molecule has 0 aliphatic carbocycles. The Morgan fingerprint density at radius 2 is 2.19 bits per heavy atom. The number of piperidine rings is 1. The molecule has 2 aromatic heterocycles. The molecule has 3 rings (SSSR count). The van der Waals surface area contributed by atoms with Crippen LogP contribution in [0.1, 0.15) is 45.4 Å². The second-order valence-electron chi connectivity index (χ2n) is 6.60. The molecular formula is C16H24N6O3S. The second kappa shape index (κ2) is 7.20. The largest absolute Gasteiger partial charge is 0.332 e. The number of hydrogen-bond donors (Lipinski definition) is 2. The van der Waals surface area contributed by atoms with Crippen LogP contribution in [0.25, 0.3) is 0 Å². The van der Waals surface area contributed by atoms with Crippen molar-refractivity contribution in [2.75, 3.05) is 11.4 Å². The highest BCUT2D eigenvalue weighted by molar-refractivity contribution is 7.89. The quantitative estimate of drug-likeness (QED) is 0.782. The van der Waals surface area contributed by atoms with Crippen molar-refractivity contribution in [1.29, 1.82) is 0 Å².